The highest BCUT2D eigenvalue weighted by atomic mass is 16.5. The van der Waals surface area contributed by atoms with E-state index in [-0.39, 0.29) is 18.7 Å². The highest BCUT2D eigenvalue weighted by Crippen LogP contribution is 2.29. The van der Waals surface area contributed by atoms with Crippen molar-refractivity contribution in [1.82, 2.24) is 4.90 Å². The average molecular weight is 216 g/mol. The lowest BCUT2D eigenvalue weighted by atomic mass is 10.1. The van der Waals surface area contributed by atoms with Gasteiger partial charge < -0.3 is 15.6 Å². The topological polar surface area (TPSA) is 58.7 Å². The van der Waals surface area contributed by atoms with Gasteiger partial charge >= 0.3 is 0 Å². The highest BCUT2D eigenvalue weighted by molar-refractivity contribution is 4.92. The zero-order chi connectivity index (χ0) is 11.3. The van der Waals surface area contributed by atoms with E-state index in [1.54, 1.807) is 7.11 Å². The molecule has 2 atom stereocenters. The van der Waals surface area contributed by atoms with Crippen LogP contribution in [-0.4, -0.2) is 55.0 Å². The molecule has 2 unspecified atom stereocenters. The second kappa shape index (κ2) is 6.43. The predicted molar refractivity (Wildman–Crippen MR) is 60.7 cm³/mol. The standard InChI is InChI=1S/C11H24N2O2/c1-3-10(12)11(8-14)13(6-7-15-2)9-4-5-9/h9-11,14H,3-8,12H2,1-2H3. The van der Waals surface area contributed by atoms with Crippen molar-refractivity contribution < 1.29 is 9.84 Å². The average Bonchev–Trinajstić information content (AvgIpc) is 3.07. The molecule has 0 aromatic rings. The number of rotatable bonds is 8. The van der Waals surface area contributed by atoms with Crippen LogP contribution >= 0.6 is 0 Å². The Kier molecular flexibility index (Phi) is 5.53. The van der Waals surface area contributed by atoms with E-state index in [0.29, 0.717) is 12.6 Å². The van der Waals surface area contributed by atoms with E-state index >= 15 is 0 Å². The molecule has 3 N–H and O–H groups in total. The van der Waals surface area contributed by atoms with Crippen molar-refractivity contribution in [3.05, 3.63) is 0 Å². The van der Waals surface area contributed by atoms with Crippen LogP contribution in [0.2, 0.25) is 0 Å². The van der Waals surface area contributed by atoms with Crippen LogP contribution in [-0.2, 0) is 4.74 Å². The highest BCUT2D eigenvalue weighted by Gasteiger charge is 2.35. The summed E-state index contributed by atoms with van der Waals surface area (Å²) in [5.74, 6) is 0. The quantitative estimate of drug-likeness (QED) is 0.608. The van der Waals surface area contributed by atoms with Crippen LogP contribution in [0.4, 0.5) is 0 Å². The van der Waals surface area contributed by atoms with Crippen molar-refractivity contribution in [2.45, 2.75) is 44.3 Å². The normalized spacial score (nSPS) is 20.6. The maximum Gasteiger partial charge on any atom is 0.0602 e. The smallest absolute Gasteiger partial charge is 0.0602 e. The molecule has 1 saturated carbocycles. The molecule has 0 radical (unpaired) electrons. The Morgan fingerprint density at radius 3 is 2.60 bits per heavy atom. The minimum absolute atomic E-state index is 0.0625. The van der Waals surface area contributed by atoms with Crippen molar-refractivity contribution in [1.29, 1.82) is 0 Å². The zero-order valence-electron chi connectivity index (χ0n) is 9.85. The molecule has 4 heteroatoms. The second-order valence-electron chi connectivity index (χ2n) is 4.28. The molecule has 1 rings (SSSR count). The number of hydrogen-bond acceptors (Lipinski definition) is 4. The van der Waals surface area contributed by atoms with Gasteiger partial charge in [0.1, 0.15) is 0 Å². The van der Waals surface area contributed by atoms with E-state index in [1.165, 1.54) is 12.8 Å². The summed E-state index contributed by atoms with van der Waals surface area (Å²) in [6.45, 7) is 3.80. The SMILES string of the molecule is CCC(N)C(CO)N(CCOC)C1CC1. The van der Waals surface area contributed by atoms with Crippen LogP contribution in [0.15, 0.2) is 0 Å². The van der Waals surface area contributed by atoms with Crippen LogP contribution < -0.4 is 5.73 Å². The summed E-state index contributed by atoms with van der Waals surface area (Å²) in [5, 5.41) is 9.41. The lowest BCUT2D eigenvalue weighted by Gasteiger charge is -2.34. The van der Waals surface area contributed by atoms with Gasteiger partial charge in [0.2, 0.25) is 0 Å². The maximum atomic E-state index is 9.41. The molecule has 90 valence electrons. The number of ether oxygens (including phenoxy) is 1. The molecular formula is C11H24N2O2. The van der Waals surface area contributed by atoms with Gasteiger partial charge in [-0.3, -0.25) is 4.90 Å². The first-order valence-corrected chi connectivity index (χ1v) is 5.85. The minimum atomic E-state index is 0.0625. The Morgan fingerprint density at radius 1 is 1.53 bits per heavy atom. The van der Waals surface area contributed by atoms with Gasteiger partial charge in [-0.05, 0) is 19.3 Å². The molecule has 0 heterocycles. The van der Waals surface area contributed by atoms with Crippen molar-refractivity contribution in [3.8, 4) is 0 Å². The van der Waals surface area contributed by atoms with E-state index in [9.17, 15) is 5.11 Å². The van der Waals surface area contributed by atoms with Gasteiger partial charge in [-0.15, -0.1) is 0 Å². The summed E-state index contributed by atoms with van der Waals surface area (Å²) in [5.41, 5.74) is 6.02. The van der Waals surface area contributed by atoms with E-state index in [2.05, 4.69) is 11.8 Å². The molecule has 0 saturated heterocycles. The fourth-order valence-electron chi connectivity index (χ4n) is 1.98. The fourth-order valence-corrected chi connectivity index (χ4v) is 1.98. The number of hydrogen-bond donors (Lipinski definition) is 2. The van der Waals surface area contributed by atoms with Gasteiger partial charge in [0.05, 0.1) is 13.2 Å². The Morgan fingerprint density at radius 2 is 2.20 bits per heavy atom. The minimum Gasteiger partial charge on any atom is -0.395 e. The second-order valence-corrected chi connectivity index (χ2v) is 4.28. The number of methoxy groups -OCH3 is 1. The molecule has 1 aliphatic carbocycles. The van der Waals surface area contributed by atoms with Crippen molar-refractivity contribution in [3.63, 3.8) is 0 Å². The van der Waals surface area contributed by atoms with Crippen LogP contribution in [0.1, 0.15) is 26.2 Å². The Balaban J connectivity index is 2.50. The molecule has 0 bridgehead atoms. The number of aliphatic hydroxyl groups excluding tert-OH is 1. The molecule has 0 amide bonds. The number of nitrogens with zero attached hydrogens (tertiary/aromatic N) is 1. The summed E-state index contributed by atoms with van der Waals surface area (Å²) in [4.78, 5) is 2.32. The largest absolute Gasteiger partial charge is 0.395 e. The van der Waals surface area contributed by atoms with Gasteiger partial charge in [0.15, 0.2) is 0 Å². The van der Waals surface area contributed by atoms with Gasteiger partial charge in [-0.1, -0.05) is 6.92 Å². The Hall–Kier alpha value is -0.160. The van der Waals surface area contributed by atoms with Gasteiger partial charge in [-0.2, -0.15) is 0 Å². The van der Waals surface area contributed by atoms with Gasteiger partial charge in [0.25, 0.3) is 0 Å². The third-order valence-corrected chi connectivity index (χ3v) is 3.15. The van der Waals surface area contributed by atoms with Crippen molar-refractivity contribution in [2.75, 3.05) is 26.9 Å². The first-order chi connectivity index (χ1) is 7.24. The van der Waals surface area contributed by atoms with Gasteiger partial charge in [-0.25, -0.2) is 0 Å². The van der Waals surface area contributed by atoms with Crippen LogP contribution in [0.25, 0.3) is 0 Å². The first kappa shape index (κ1) is 12.9. The molecular weight excluding hydrogens is 192 g/mol. The van der Waals surface area contributed by atoms with E-state index < -0.39 is 0 Å². The summed E-state index contributed by atoms with van der Waals surface area (Å²) in [6, 6.07) is 0.778. The van der Waals surface area contributed by atoms with Crippen molar-refractivity contribution in [2.24, 2.45) is 5.73 Å². The van der Waals surface area contributed by atoms with E-state index in [4.69, 9.17) is 10.5 Å². The fraction of sp³-hybridized carbons (Fsp3) is 1.00. The van der Waals surface area contributed by atoms with Crippen molar-refractivity contribution >= 4 is 0 Å². The summed E-state index contributed by atoms with van der Waals surface area (Å²) >= 11 is 0. The summed E-state index contributed by atoms with van der Waals surface area (Å²) in [6.07, 6.45) is 3.37. The third kappa shape index (κ3) is 3.72. The Labute approximate surface area is 92.4 Å². The summed E-state index contributed by atoms with van der Waals surface area (Å²) < 4.78 is 5.09. The molecule has 0 aromatic heterocycles. The van der Waals surface area contributed by atoms with Crippen LogP contribution in [0.5, 0.6) is 0 Å². The number of aliphatic hydroxyl groups is 1. The van der Waals surface area contributed by atoms with Crippen LogP contribution in [0.3, 0.4) is 0 Å². The molecule has 4 nitrogen and oxygen atoms in total. The molecule has 0 aliphatic heterocycles. The first-order valence-electron chi connectivity index (χ1n) is 5.85. The molecule has 1 aliphatic rings. The Bertz CT molecular complexity index is 174. The maximum absolute atomic E-state index is 9.41. The van der Waals surface area contributed by atoms with Gasteiger partial charge in [0, 0.05) is 31.8 Å². The number of nitrogens with two attached hydrogens (primary N) is 1. The lowest BCUT2D eigenvalue weighted by molar-refractivity contribution is 0.0672. The summed E-state index contributed by atoms with van der Waals surface area (Å²) in [7, 11) is 1.71. The third-order valence-electron chi connectivity index (χ3n) is 3.15. The van der Waals surface area contributed by atoms with Crippen LogP contribution in [0, 0.1) is 0 Å². The predicted octanol–water partition coefficient (Wildman–Crippen LogP) is 0.195. The zero-order valence-corrected chi connectivity index (χ0v) is 9.85. The molecule has 0 aromatic carbocycles. The molecule has 15 heavy (non-hydrogen) atoms. The monoisotopic (exact) mass is 216 g/mol. The molecule has 1 fully saturated rings. The van der Waals surface area contributed by atoms with E-state index in [1.807, 2.05) is 0 Å². The van der Waals surface area contributed by atoms with E-state index in [0.717, 1.165) is 13.0 Å². The molecule has 0 spiro atoms. The lowest BCUT2D eigenvalue weighted by Crippen LogP contribution is -2.51.